The molecule has 0 N–H and O–H groups in total. The van der Waals surface area contributed by atoms with Crippen LogP contribution in [0, 0.1) is 13.8 Å². The van der Waals surface area contributed by atoms with Crippen molar-refractivity contribution < 1.29 is 18.8 Å². The zero-order valence-corrected chi connectivity index (χ0v) is 19.1. The van der Waals surface area contributed by atoms with Crippen LogP contribution in [0.1, 0.15) is 39.6 Å². The SMILES string of the molecule is COC(=O)C[C@@H](c1ccc(OCc2sc(-c3ccc(C)cc3)cc2C)cc1)c1ccon1. The quantitative estimate of drug-likeness (QED) is 0.297. The van der Waals surface area contributed by atoms with Gasteiger partial charge in [0, 0.05) is 21.7 Å². The third-order valence-electron chi connectivity index (χ3n) is 5.42. The molecule has 0 radical (unpaired) electrons. The number of benzene rings is 2. The molecular weight excluding hydrogens is 422 g/mol. The lowest BCUT2D eigenvalue weighted by Gasteiger charge is -2.14. The van der Waals surface area contributed by atoms with Crippen molar-refractivity contribution in [1.29, 1.82) is 0 Å². The van der Waals surface area contributed by atoms with E-state index in [2.05, 4.69) is 49.3 Å². The monoisotopic (exact) mass is 447 g/mol. The summed E-state index contributed by atoms with van der Waals surface area (Å²) in [4.78, 5) is 14.3. The fourth-order valence-electron chi connectivity index (χ4n) is 3.51. The van der Waals surface area contributed by atoms with Crippen molar-refractivity contribution in [2.75, 3.05) is 7.11 Å². The highest BCUT2D eigenvalue weighted by atomic mass is 32.1. The summed E-state index contributed by atoms with van der Waals surface area (Å²) in [6, 6.07) is 20.3. The second-order valence-corrected chi connectivity index (χ2v) is 8.83. The van der Waals surface area contributed by atoms with Crippen molar-refractivity contribution in [2.24, 2.45) is 0 Å². The highest BCUT2D eigenvalue weighted by Gasteiger charge is 2.21. The number of nitrogens with zero attached hydrogens (tertiary/aromatic N) is 1. The minimum atomic E-state index is -0.295. The Morgan fingerprint density at radius 1 is 1.06 bits per heavy atom. The number of esters is 1. The van der Waals surface area contributed by atoms with Gasteiger partial charge in [-0.3, -0.25) is 4.79 Å². The summed E-state index contributed by atoms with van der Waals surface area (Å²) >= 11 is 1.76. The average molecular weight is 448 g/mol. The van der Waals surface area contributed by atoms with Gasteiger partial charge in [0.1, 0.15) is 18.6 Å². The van der Waals surface area contributed by atoms with E-state index in [1.165, 1.54) is 39.8 Å². The first-order valence-corrected chi connectivity index (χ1v) is 11.2. The Labute approximate surface area is 191 Å². The van der Waals surface area contributed by atoms with Crippen molar-refractivity contribution in [3.05, 3.63) is 94.2 Å². The van der Waals surface area contributed by atoms with Crippen molar-refractivity contribution in [3.63, 3.8) is 0 Å². The van der Waals surface area contributed by atoms with Crippen LogP contribution >= 0.6 is 11.3 Å². The van der Waals surface area contributed by atoms with E-state index < -0.39 is 0 Å². The molecule has 164 valence electrons. The summed E-state index contributed by atoms with van der Waals surface area (Å²) in [6.07, 6.45) is 1.70. The minimum Gasteiger partial charge on any atom is -0.488 e. The Balaban J connectivity index is 1.45. The first kappa shape index (κ1) is 21.8. The minimum absolute atomic E-state index is 0.194. The van der Waals surface area contributed by atoms with E-state index in [4.69, 9.17) is 14.0 Å². The van der Waals surface area contributed by atoms with E-state index >= 15 is 0 Å². The molecule has 5 nitrogen and oxygen atoms in total. The lowest BCUT2D eigenvalue weighted by Crippen LogP contribution is -2.10. The molecule has 1 atom stereocenters. The van der Waals surface area contributed by atoms with E-state index in [0.29, 0.717) is 12.3 Å². The lowest BCUT2D eigenvalue weighted by atomic mass is 9.92. The van der Waals surface area contributed by atoms with Gasteiger partial charge in [0.15, 0.2) is 0 Å². The van der Waals surface area contributed by atoms with Crippen LogP contribution in [0.25, 0.3) is 10.4 Å². The summed E-state index contributed by atoms with van der Waals surface area (Å²) in [5.41, 5.74) is 5.36. The first-order chi connectivity index (χ1) is 15.5. The van der Waals surface area contributed by atoms with Gasteiger partial charge in [0.2, 0.25) is 0 Å². The second-order valence-electron chi connectivity index (χ2n) is 7.70. The summed E-state index contributed by atoms with van der Waals surface area (Å²) < 4.78 is 15.9. The van der Waals surface area contributed by atoms with Gasteiger partial charge in [-0.15, -0.1) is 11.3 Å². The van der Waals surface area contributed by atoms with Gasteiger partial charge in [-0.25, -0.2) is 0 Å². The van der Waals surface area contributed by atoms with Crippen molar-refractivity contribution in [2.45, 2.75) is 32.8 Å². The molecule has 0 aliphatic carbocycles. The highest BCUT2D eigenvalue weighted by Crippen LogP contribution is 2.33. The Morgan fingerprint density at radius 2 is 1.81 bits per heavy atom. The predicted octanol–water partition coefficient (Wildman–Crippen LogP) is 6.29. The molecule has 0 fully saturated rings. The molecule has 0 saturated heterocycles. The molecule has 0 saturated carbocycles. The van der Waals surface area contributed by atoms with Gasteiger partial charge >= 0.3 is 5.97 Å². The number of rotatable bonds is 8. The van der Waals surface area contributed by atoms with E-state index in [-0.39, 0.29) is 18.3 Å². The molecule has 2 aromatic carbocycles. The standard InChI is InChI=1S/C26H25NO4S/c1-17-4-6-20(7-5-17)24-14-18(2)25(32-24)16-30-21-10-8-19(9-11-21)22(15-26(28)29-3)23-12-13-31-27-23/h4-14,22H,15-16H2,1-3H3/t22-/m0/s1. The third kappa shape index (κ3) is 5.08. The first-order valence-electron chi connectivity index (χ1n) is 10.4. The van der Waals surface area contributed by atoms with Gasteiger partial charge in [0.25, 0.3) is 0 Å². The van der Waals surface area contributed by atoms with Crippen LogP contribution in [0.3, 0.4) is 0 Å². The molecule has 0 spiro atoms. The molecule has 2 aromatic heterocycles. The Bertz CT molecular complexity index is 1160. The zero-order chi connectivity index (χ0) is 22.5. The average Bonchev–Trinajstić information content (AvgIpc) is 3.47. The number of carbonyl (C=O) groups excluding carboxylic acids is 1. The number of thiophene rings is 1. The van der Waals surface area contributed by atoms with Crippen LogP contribution in [0.15, 0.2) is 71.4 Å². The van der Waals surface area contributed by atoms with E-state index in [1.807, 2.05) is 24.3 Å². The molecule has 6 heteroatoms. The predicted molar refractivity (Wildman–Crippen MR) is 125 cm³/mol. The van der Waals surface area contributed by atoms with Crippen LogP contribution < -0.4 is 4.74 Å². The number of hydrogen-bond donors (Lipinski definition) is 0. The lowest BCUT2D eigenvalue weighted by molar-refractivity contribution is -0.140. The summed E-state index contributed by atoms with van der Waals surface area (Å²) in [5, 5.41) is 4.01. The van der Waals surface area contributed by atoms with Crippen molar-refractivity contribution >= 4 is 17.3 Å². The number of ether oxygens (including phenoxy) is 2. The third-order valence-corrected chi connectivity index (χ3v) is 6.68. The number of carbonyl (C=O) groups is 1. The number of aromatic nitrogens is 1. The molecule has 0 aliphatic heterocycles. The van der Waals surface area contributed by atoms with E-state index in [9.17, 15) is 4.79 Å². The van der Waals surface area contributed by atoms with Gasteiger partial charge in [-0.05, 0) is 48.7 Å². The molecule has 0 amide bonds. The van der Waals surface area contributed by atoms with Crippen LogP contribution in [0.5, 0.6) is 5.75 Å². The maximum absolute atomic E-state index is 11.9. The van der Waals surface area contributed by atoms with Gasteiger partial charge in [-0.1, -0.05) is 47.1 Å². The molecular formula is C26H25NO4S. The van der Waals surface area contributed by atoms with Gasteiger partial charge in [-0.2, -0.15) is 0 Å². The van der Waals surface area contributed by atoms with Crippen molar-refractivity contribution in [1.82, 2.24) is 5.16 Å². The number of methoxy groups -OCH3 is 1. The van der Waals surface area contributed by atoms with E-state index in [0.717, 1.165) is 11.3 Å². The summed E-state index contributed by atoms with van der Waals surface area (Å²) in [5.74, 6) is 0.248. The zero-order valence-electron chi connectivity index (χ0n) is 18.3. The van der Waals surface area contributed by atoms with Gasteiger partial charge in [0.05, 0.1) is 19.2 Å². The molecule has 4 rings (SSSR count). The molecule has 32 heavy (non-hydrogen) atoms. The highest BCUT2D eigenvalue weighted by molar-refractivity contribution is 7.15. The number of hydrogen-bond acceptors (Lipinski definition) is 6. The smallest absolute Gasteiger partial charge is 0.306 e. The van der Waals surface area contributed by atoms with Gasteiger partial charge < -0.3 is 14.0 Å². The number of aryl methyl sites for hydroxylation is 2. The van der Waals surface area contributed by atoms with Crippen molar-refractivity contribution in [3.8, 4) is 16.2 Å². The van der Waals surface area contributed by atoms with Crippen LogP contribution in [0.4, 0.5) is 0 Å². The fraction of sp³-hybridized carbons (Fsp3) is 0.231. The van der Waals surface area contributed by atoms with Crippen LogP contribution in [0.2, 0.25) is 0 Å². The molecule has 2 heterocycles. The Kier molecular flexibility index (Phi) is 6.71. The normalized spacial score (nSPS) is 11.8. The largest absolute Gasteiger partial charge is 0.488 e. The molecule has 0 unspecified atom stereocenters. The van der Waals surface area contributed by atoms with E-state index in [1.54, 1.807) is 17.4 Å². The molecule has 0 aliphatic rings. The summed E-state index contributed by atoms with van der Waals surface area (Å²) in [6.45, 7) is 4.72. The van der Waals surface area contributed by atoms with Crippen LogP contribution in [-0.2, 0) is 16.1 Å². The molecule has 4 aromatic rings. The van der Waals surface area contributed by atoms with Crippen LogP contribution in [-0.4, -0.2) is 18.2 Å². The topological polar surface area (TPSA) is 61.6 Å². The maximum Gasteiger partial charge on any atom is 0.306 e. The maximum atomic E-state index is 11.9. The molecule has 0 bridgehead atoms. The second kappa shape index (κ2) is 9.83. The Morgan fingerprint density at radius 3 is 2.47 bits per heavy atom. The Hall–Kier alpha value is -3.38. The summed E-state index contributed by atoms with van der Waals surface area (Å²) in [7, 11) is 1.38. The fourth-order valence-corrected chi connectivity index (χ4v) is 4.61.